The van der Waals surface area contributed by atoms with Gasteiger partial charge in [-0.05, 0) is 31.7 Å². The van der Waals surface area contributed by atoms with E-state index in [2.05, 4.69) is 17.2 Å². The van der Waals surface area contributed by atoms with Gasteiger partial charge in [0.1, 0.15) is 5.82 Å². The van der Waals surface area contributed by atoms with Crippen molar-refractivity contribution in [2.45, 2.75) is 31.6 Å². The smallest absolute Gasteiger partial charge is 0.243 e. The number of sulfonamides is 1. The van der Waals surface area contributed by atoms with Gasteiger partial charge in [-0.1, -0.05) is 6.92 Å². The number of hydrogen-bond acceptors (Lipinski definition) is 4. The van der Waals surface area contributed by atoms with E-state index in [0.717, 1.165) is 19.4 Å². The van der Waals surface area contributed by atoms with Gasteiger partial charge in [0.05, 0.1) is 4.90 Å². The molecule has 1 aliphatic heterocycles. The predicted octanol–water partition coefficient (Wildman–Crippen LogP) is 1.93. The summed E-state index contributed by atoms with van der Waals surface area (Å²) in [6, 6.07) is 3.17. The Balaban J connectivity index is 2.21. The summed E-state index contributed by atoms with van der Waals surface area (Å²) in [4.78, 5) is 4.43. The van der Waals surface area contributed by atoms with Crippen molar-refractivity contribution in [1.82, 2.24) is 9.29 Å². The molecule has 1 saturated heterocycles. The van der Waals surface area contributed by atoms with Crippen LogP contribution >= 0.6 is 0 Å². The summed E-state index contributed by atoms with van der Waals surface area (Å²) < 4.78 is 26.6. The molecule has 1 aromatic heterocycles. The summed E-state index contributed by atoms with van der Waals surface area (Å²) >= 11 is 0. The molecule has 0 aliphatic carbocycles. The Kier molecular flexibility index (Phi) is 4.42. The lowest BCUT2D eigenvalue weighted by atomic mass is 10.0. The van der Waals surface area contributed by atoms with Crippen LogP contribution < -0.4 is 5.32 Å². The molecule has 5 nitrogen and oxygen atoms in total. The highest BCUT2D eigenvalue weighted by Gasteiger charge is 2.28. The minimum Gasteiger partial charge on any atom is -0.370 e. The van der Waals surface area contributed by atoms with Crippen LogP contribution in [-0.4, -0.2) is 37.3 Å². The van der Waals surface area contributed by atoms with Crippen LogP contribution in [0, 0.1) is 5.92 Å². The molecule has 2 rings (SSSR count). The van der Waals surface area contributed by atoms with Crippen molar-refractivity contribution in [3.05, 3.63) is 18.3 Å². The minimum absolute atomic E-state index is 0.327. The van der Waals surface area contributed by atoms with E-state index in [9.17, 15) is 8.42 Å². The van der Waals surface area contributed by atoms with E-state index in [0.29, 0.717) is 29.7 Å². The molecule has 106 valence electrons. The SMILES string of the molecule is CCNc1cc(S(=O)(=O)N2CCC(C)CC2)ccn1. The highest BCUT2D eigenvalue weighted by Crippen LogP contribution is 2.24. The molecule has 2 heterocycles. The van der Waals surface area contributed by atoms with Gasteiger partial charge in [0, 0.05) is 31.9 Å². The Labute approximate surface area is 115 Å². The van der Waals surface area contributed by atoms with Gasteiger partial charge in [0.15, 0.2) is 0 Å². The van der Waals surface area contributed by atoms with E-state index in [1.54, 1.807) is 16.4 Å². The first kappa shape index (κ1) is 14.3. The van der Waals surface area contributed by atoms with Crippen LogP contribution in [-0.2, 0) is 10.0 Å². The second-order valence-electron chi connectivity index (χ2n) is 4.99. The second kappa shape index (κ2) is 5.88. The molecule has 0 unspecified atom stereocenters. The number of aromatic nitrogens is 1. The average Bonchev–Trinajstić information content (AvgIpc) is 2.40. The lowest BCUT2D eigenvalue weighted by molar-refractivity contribution is 0.288. The van der Waals surface area contributed by atoms with Crippen LogP contribution in [0.15, 0.2) is 23.2 Å². The zero-order valence-electron chi connectivity index (χ0n) is 11.5. The molecule has 1 fully saturated rings. The molecule has 19 heavy (non-hydrogen) atoms. The van der Waals surface area contributed by atoms with Gasteiger partial charge in [-0.25, -0.2) is 13.4 Å². The summed E-state index contributed by atoms with van der Waals surface area (Å²) in [6.45, 7) is 6.07. The van der Waals surface area contributed by atoms with Crippen LogP contribution in [0.2, 0.25) is 0 Å². The maximum Gasteiger partial charge on any atom is 0.243 e. The first-order chi connectivity index (χ1) is 9.04. The zero-order valence-corrected chi connectivity index (χ0v) is 12.3. The third-order valence-corrected chi connectivity index (χ3v) is 5.36. The number of piperidine rings is 1. The second-order valence-corrected chi connectivity index (χ2v) is 6.93. The molecule has 0 radical (unpaired) electrons. The van der Waals surface area contributed by atoms with Gasteiger partial charge in [-0.3, -0.25) is 0 Å². The van der Waals surface area contributed by atoms with Crippen molar-refractivity contribution < 1.29 is 8.42 Å². The first-order valence-electron chi connectivity index (χ1n) is 6.74. The molecule has 0 saturated carbocycles. The lowest BCUT2D eigenvalue weighted by Gasteiger charge is -2.29. The fraction of sp³-hybridized carbons (Fsp3) is 0.615. The summed E-state index contributed by atoms with van der Waals surface area (Å²) in [6.07, 6.45) is 3.41. The third kappa shape index (κ3) is 3.25. The predicted molar refractivity (Wildman–Crippen MR) is 75.6 cm³/mol. The van der Waals surface area contributed by atoms with E-state index in [4.69, 9.17) is 0 Å². The first-order valence-corrected chi connectivity index (χ1v) is 8.18. The topological polar surface area (TPSA) is 62.3 Å². The van der Waals surface area contributed by atoms with Gasteiger partial charge >= 0.3 is 0 Å². The van der Waals surface area contributed by atoms with Gasteiger partial charge < -0.3 is 5.32 Å². The van der Waals surface area contributed by atoms with E-state index in [-0.39, 0.29) is 0 Å². The van der Waals surface area contributed by atoms with E-state index in [1.807, 2.05) is 6.92 Å². The third-order valence-electron chi connectivity index (χ3n) is 3.47. The van der Waals surface area contributed by atoms with Crippen LogP contribution in [0.5, 0.6) is 0 Å². The Morgan fingerprint density at radius 1 is 1.42 bits per heavy atom. The molecule has 0 aromatic carbocycles. The van der Waals surface area contributed by atoms with Crippen molar-refractivity contribution >= 4 is 15.8 Å². The average molecular weight is 283 g/mol. The highest BCUT2D eigenvalue weighted by atomic mass is 32.2. The lowest BCUT2D eigenvalue weighted by Crippen LogP contribution is -2.37. The van der Waals surface area contributed by atoms with Crippen molar-refractivity contribution in [2.75, 3.05) is 25.0 Å². The summed E-state index contributed by atoms with van der Waals surface area (Å²) in [5.74, 6) is 1.22. The van der Waals surface area contributed by atoms with E-state index in [1.165, 1.54) is 6.20 Å². The highest BCUT2D eigenvalue weighted by molar-refractivity contribution is 7.89. The Morgan fingerprint density at radius 2 is 2.11 bits per heavy atom. The molecular formula is C13H21N3O2S. The van der Waals surface area contributed by atoms with Crippen LogP contribution in [0.3, 0.4) is 0 Å². The normalized spacial score (nSPS) is 18.4. The molecule has 1 aromatic rings. The maximum absolute atomic E-state index is 12.5. The van der Waals surface area contributed by atoms with Crippen molar-refractivity contribution in [1.29, 1.82) is 0 Å². The Bertz CT molecular complexity index is 522. The van der Waals surface area contributed by atoms with Gasteiger partial charge in [0.2, 0.25) is 10.0 Å². The van der Waals surface area contributed by atoms with Gasteiger partial charge in [-0.2, -0.15) is 4.31 Å². The molecule has 0 atom stereocenters. The number of hydrogen-bond donors (Lipinski definition) is 1. The van der Waals surface area contributed by atoms with Gasteiger partial charge in [0.25, 0.3) is 0 Å². The molecular weight excluding hydrogens is 262 g/mol. The van der Waals surface area contributed by atoms with E-state index < -0.39 is 10.0 Å². The molecule has 1 aliphatic rings. The summed E-state index contributed by atoms with van der Waals surface area (Å²) in [7, 11) is -3.37. The van der Waals surface area contributed by atoms with Crippen LogP contribution in [0.4, 0.5) is 5.82 Å². The number of nitrogens with zero attached hydrogens (tertiary/aromatic N) is 2. The van der Waals surface area contributed by atoms with Crippen molar-refractivity contribution in [3.63, 3.8) is 0 Å². The minimum atomic E-state index is -3.37. The van der Waals surface area contributed by atoms with Crippen molar-refractivity contribution in [3.8, 4) is 0 Å². The molecule has 1 N–H and O–H groups in total. The molecule has 0 bridgehead atoms. The van der Waals surface area contributed by atoms with Crippen molar-refractivity contribution in [2.24, 2.45) is 5.92 Å². The fourth-order valence-electron chi connectivity index (χ4n) is 2.22. The van der Waals surface area contributed by atoms with Crippen LogP contribution in [0.25, 0.3) is 0 Å². The Morgan fingerprint density at radius 3 is 2.74 bits per heavy atom. The molecule has 6 heteroatoms. The maximum atomic E-state index is 12.5. The zero-order chi connectivity index (χ0) is 13.9. The monoisotopic (exact) mass is 283 g/mol. The van der Waals surface area contributed by atoms with Gasteiger partial charge in [-0.15, -0.1) is 0 Å². The number of anilines is 1. The van der Waals surface area contributed by atoms with E-state index >= 15 is 0 Å². The summed E-state index contributed by atoms with van der Waals surface area (Å²) in [5, 5.41) is 3.04. The number of nitrogens with one attached hydrogen (secondary N) is 1. The molecule has 0 amide bonds. The molecule has 0 spiro atoms. The standard InChI is InChI=1S/C13H21N3O2S/c1-3-14-13-10-12(4-7-15-13)19(17,18)16-8-5-11(2)6-9-16/h4,7,10-11H,3,5-6,8-9H2,1-2H3,(H,14,15). The largest absolute Gasteiger partial charge is 0.370 e. The number of rotatable bonds is 4. The number of pyridine rings is 1. The quantitative estimate of drug-likeness (QED) is 0.917. The summed E-state index contributed by atoms with van der Waals surface area (Å²) in [5.41, 5.74) is 0. The van der Waals surface area contributed by atoms with Crippen LogP contribution in [0.1, 0.15) is 26.7 Å². The fourth-order valence-corrected chi connectivity index (χ4v) is 3.71. The Hall–Kier alpha value is -1.14.